The quantitative estimate of drug-likeness (QED) is 0.531. The molecule has 0 bridgehead atoms. The van der Waals surface area contributed by atoms with Crippen LogP contribution >= 0.6 is 0 Å². The van der Waals surface area contributed by atoms with Gasteiger partial charge in [-0.2, -0.15) is 0 Å². The van der Waals surface area contributed by atoms with Crippen LogP contribution in [0.25, 0.3) is 0 Å². The Kier molecular flexibility index (Phi) is 5.50. The number of allylic oxidation sites excluding steroid dienone is 1. The molecule has 33 heavy (non-hydrogen) atoms. The number of benzene rings is 3. The minimum Gasteiger partial charge on any atom is -0.493 e. The molecule has 0 spiro atoms. The number of carbonyl (C=O) groups excluding carboxylic acids is 1. The average Bonchev–Trinajstić information content (AvgIpc) is 3.01. The van der Waals surface area contributed by atoms with Crippen molar-refractivity contribution in [2.45, 2.75) is 24.8 Å². The van der Waals surface area contributed by atoms with Gasteiger partial charge in [-0.05, 0) is 59.9 Å². The maximum Gasteiger partial charge on any atom is 0.163 e. The van der Waals surface area contributed by atoms with E-state index in [4.69, 9.17) is 9.47 Å². The number of hydrogen-bond acceptors (Lipinski definition) is 5. The summed E-state index contributed by atoms with van der Waals surface area (Å²) in [4.78, 5) is 13.6. The van der Waals surface area contributed by atoms with E-state index in [1.165, 1.54) is 12.1 Å². The third kappa shape index (κ3) is 3.93. The van der Waals surface area contributed by atoms with Crippen molar-refractivity contribution in [1.82, 2.24) is 0 Å². The SMILES string of the molecule is COc1ccc(C2CC(=O)C3=C(C2)Nc2ccccc2NC3c2ccc(F)cc2)cc1OC. The molecule has 6 heteroatoms. The summed E-state index contributed by atoms with van der Waals surface area (Å²) in [5.41, 5.74) is 5.28. The Balaban J connectivity index is 1.57. The zero-order valence-corrected chi connectivity index (χ0v) is 18.5. The van der Waals surface area contributed by atoms with E-state index in [1.54, 1.807) is 26.4 Å². The van der Waals surface area contributed by atoms with Crippen LogP contribution in [0.15, 0.2) is 78.0 Å². The molecule has 5 rings (SSSR count). The van der Waals surface area contributed by atoms with E-state index in [0.717, 1.165) is 28.2 Å². The summed E-state index contributed by atoms with van der Waals surface area (Å²) in [6.45, 7) is 0. The Morgan fingerprint density at radius 1 is 0.848 bits per heavy atom. The fourth-order valence-electron chi connectivity index (χ4n) is 4.74. The summed E-state index contributed by atoms with van der Waals surface area (Å²) in [6.07, 6.45) is 1.05. The summed E-state index contributed by atoms with van der Waals surface area (Å²) in [6, 6.07) is 19.7. The largest absolute Gasteiger partial charge is 0.493 e. The molecule has 3 aromatic rings. The third-order valence-electron chi connectivity index (χ3n) is 6.39. The Bertz CT molecular complexity index is 1240. The van der Waals surface area contributed by atoms with E-state index in [9.17, 15) is 9.18 Å². The van der Waals surface area contributed by atoms with Crippen LogP contribution in [0.4, 0.5) is 15.8 Å². The first-order chi connectivity index (χ1) is 16.1. The number of para-hydroxylation sites is 2. The number of methoxy groups -OCH3 is 2. The van der Waals surface area contributed by atoms with Gasteiger partial charge < -0.3 is 20.1 Å². The summed E-state index contributed by atoms with van der Waals surface area (Å²) in [5, 5.41) is 7.03. The van der Waals surface area contributed by atoms with E-state index >= 15 is 0 Å². The van der Waals surface area contributed by atoms with Crippen LogP contribution in [0.1, 0.15) is 35.9 Å². The lowest BCUT2D eigenvalue weighted by Crippen LogP contribution is -2.26. The first-order valence-corrected chi connectivity index (χ1v) is 10.9. The Hall–Kier alpha value is -3.80. The van der Waals surface area contributed by atoms with E-state index in [2.05, 4.69) is 10.6 Å². The maximum absolute atomic E-state index is 13.6. The van der Waals surface area contributed by atoms with Gasteiger partial charge >= 0.3 is 0 Å². The van der Waals surface area contributed by atoms with E-state index in [1.807, 2.05) is 42.5 Å². The predicted molar refractivity (Wildman–Crippen MR) is 126 cm³/mol. The zero-order valence-electron chi connectivity index (χ0n) is 18.5. The van der Waals surface area contributed by atoms with Gasteiger partial charge in [-0.1, -0.05) is 30.3 Å². The second-order valence-corrected chi connectivity index (χ2v) is 8.33. The number of ether oxygens (including phenoxy) is 2. The number of nitrogens with one attached hydrogen (secondary N) is 2. The number of hydrogen-bond donors (Lipinski definition) is 2. The van der Waals surface area contributed by atoms with Crippen molar-refractivity contribution in [3.05, 3.63) is 94.9 Å². The molecule has 1 aliphatic heterocycles. The fourth-order valence-corrected chi connectivity index (χ4v) is 4.74. The molecular weight excluding hydrogens is 419 g/mol. The third-order valence-corrected chi connectivity index (χ3v) is 6.39. The molecular formula is C27H25FN2O3. The van der Waals surface area contributed by atoms with Gasteiger partial charge in [0.2, 0.25) is 0 Å². The van der Waals surface area contributed by atoms with Gasteiger partial charge in [0.1, 0.15) is 5.82 Å². The fraction of sp³-hybridized carbons (Fsp3) is 0.222. The molecule has 0 amide bonds. The van der Waals surface area contributed by atoms with Crippen LogP contribution in [0.2, 0.25) is 0 Å². The van der Waals surface area contributed by atoms with Gasteiger partial charge in [0.25, 0.3) is 0 Å². The summed E-state index contributed by atoms with van der Waals surface area (Å²) in [7, 11) is 3.21. The first-order valence-electron chi connectivity index (χ1n) is 10.9. The molecule has 0 radical (unpaired) electrons. The molecule has 0 saturated heterocycles. The molecule has 3 aromatic carbocycles. The Labute approximate surface area is 192 Å². The Morgan fingerprint density at radius 3 is 2.27 bits per heavy atom. The van der Waals surface area contributed by atoms with Gasteiger partial charge in [0.05, 0.1) is 31.6 Å². The molecule has 2 unspecified atom stereocenters. The van der Waals surface area contributed by atoms with Crippen LogP contribution in [0.3, 0.4) is 0 Å². The molecule has 5 nitrogen and oxygen atoms in total. The van der Waals surface area contributed by atoms with Crippen LogP contribution in [0, 0.1) is 5.82 Å². The minimum atomic E-state index is -0.365. The highest BCUT2D eigenvalue weighted by molar-refractivity contribution is 6.01. The van der Waals surface area contributed by atoms with Crippen LogP contribution in [0.5, 0.6) is 11.5 Å². The second kappa shape index (κ2) is 8.62. The van der Waals surface area contributed by atoms with Crippen molar-refractivity contribution in [2.75, 3.05) is 24.9 Å². The summed E-state index contributed by atoms with van der Waals surface area (Å²) >= 11 is 0. The molecule has 2 aliphatic rings. The highest BCUT2D eigenvalue weighted by Gasteiger charge is 2.36. The van der Waals surface area contributed by atoms with E-state index < -0.39 is 0 Å². The van der Waals surface area contributed by atoms with Gasteiger partial charge in [-0.3, -0.25) is 4.79 Å². The van der Waals surface area contributed by atoms with E-state index in [0.29, 0.717) is 29.9 Å². The number of ketones is 1. The van der Waals surface area contributed by atoms with Crippen LogP contribution < -0.4 is 20.1 Å². The number of fused-ring (bicyclic) bond motifs is 1. The molecule has 2 atom stereocenters. The highest BCUT2D eigenvalue weighted by atomic mass is 19.1. The summed E-state index contributed by atoms with van der Waals surface area (Å²) < 4.78 is 24.4. The highest BCUT2D eigenvalue weighted by Crippen LogP contribution is 2.45. The molecule has 1 aliphatic carbocycles. The van der Waals surface area contributed by atoms with Crippen molar-refractivity contribution in [3.8, 4) is 11.5 Å². The van der Waals surface area contributed by atoms with Crippen molar-refractivity contribution in [1.29, 1.82) is 0 Å². The number of halogens is 1. The van der Waals surface area contributed by atoms with Gasteiger partial charge in [0, 0.05) is 17.7 Å². The number of Topliss-reactive ketones (excluding diaryl/α,β-unsaturated/α-hetero) is 1. The van der Waals surface area contributed by atoms with Gasteiger partial charge in [-0.25, -0.2) is 4.39 Å². The molecule has 2 N–H and O–H groups in total. The van der Waals surface area contributed by atoms with Crippen molar-refractivity contribution >= 4 is 17.2 Å². The minimum absolute atomic E-state index is 0.00249. The maximum atomic E-state index is 13.6. The van der Waals surface area contributed by atoms with Crippen LogP contribution in [-0.4, -0.2) is 20.0 Å². The lowest BCUT2D eigenvalue weighted by molar-refractivity contribution is -0.116. The zero-order chi connectivity index (χ0) is 22.9. The van der Waals surface area contributed by atoms with Crippen molar-refractivity contribution in [3.63, 3.8) is 0 Å². The van der Waals surface area contributed by atoms with Crippen LogP contribution in [-0.2, 0) is 4.79 Å². The number of anilines is 2. The normalized spacial score (nSPS) is 19.5. The van der Waals surface area contributed by atoms with Gasteiger partial charge in [-0.15, -0.1) is 0 Å². The predicted octanol–water partition coefficient (Wildman–Crippen LogP) is 5.82. The molecule has 168 valence electrons. The monoisotopic (exact) mass is 444 g/mol. The lowest BCUT2D eigenvalue weighted by Gasteiger charge is -2.30. The number of rotatable bonds is 4. The number of carbonyl (C=O) groups is 1. The topological polar surface area (TPSA) is 59.6 Å². The smallest absolute Gasteiger partial charge is 0.163 e. The molecule has 0 fully saturated rings. The average molecular weight is 445 g/mol. The van der Waals surface area contributed by atoms with Crippen molar-refractivity contribution in [2.24, 2.45) is 0 Å². The Morgan fingerprint density at radius 2 is 1.55 bits per heavy atom. The molecule has 0 aromatic heterocycles. The van der Waals surface area contributed by atoms with Gasteiger partial charge in [0.15, 0.2) is 17.3 Å². The lowest BCUT2D eigenvalue weighted by atomic mass is 9.78. The second-order valence-electron chi connectivity index (χ2n) is 8.33. The molecule has 0 saturated carbocycles. The standard InChI is InChI=1S/C27H25FN2O3/c1-32-24-12-9-17(15-25(24)33-2)18-13-22-26(23(31)14-18)27(16-7-10-19(28)11-8-16)30-21-6-4-3-5-20(21)29-22/h3-12,15,18,27,29-30H,13-14H2,1-2H3. The van der Waals surface area contributed by atoms with Crippen molar-refractivity contribution < 1.29 is 18.7 Å². The summed E-state index contributed by atoms with van der Waals surface area (Å²) in [5.74, 6) is 1.07. The van der Waals surface area contributed by atoms with E-state index in [-0.39, 0.29) is 23.6 Å². The first kappa shape index (κ1) is 21.1. The molecule has 1 heterocycles.